The van der Waals surface area contributed by atoms with E-state index in [1.807, 2.05) is 6.07 Å². The highest BCUT2D eigenvalue weighted by atomic mass is 19.1. The smallest absolute Gasteiger partial charge is 0.319 e. The minimum absolute atomic E-state index is 0.0771. The number of amides is 3. The number of carbonyl (C=O) groups is 2. The second-order valence-corrected chi connectivity index (χ2v) is 5.64. The number of benzene rings is 2. The fourth-order valence-corrected chi connectivity index (χ4v) is 2.68. The van der Waals surface area contributed by atoms with Crippen molar-refractivity contribution in [3.63, 3.8) is 0 Å². The van der Waals surface area contributed by atoms with Crippen LogP contribution < -0.4 is 15.5 Å². The zero-order valence-corrected chi connectivity index (χ0v) is 13.2. The average molecular weight is 338 g/mol. The summed E-state index contributed by atoms with van der Waals surface area (Å²) in [5.41, 5.74) is 1.26. The summed E-state index contributed by atoms with van der Waals surface area (Å²) in [4.78, 5) is 25.7. The normalized spacial score (nSPS) is 16.4. The van der Waals surface area contributed by atoms with Gasteiger partial charge in [-0.15, -0.1) is 0 Å². The van der Waals surface area contributed by atoms with Crippen LogP contribution in [0.4, 0.5) is 20.6 Å². The molecule has 3 rings (SSSR count). The number of nitrogens with one attached hydrogen (secondary N) is 2. The number of halogens is 1. The first-order chi connectivity index (χ1) is 12.1. The van der Waals surface area contributed by atoms with Crippen LogP contribution in [0.5, 0.6) is 0 Å². The van der Waals surface area contributed by atoms with Crippen LogP contribution in [0.2, 0.25) is 0 Å². The van der Waals surface area contributed by atoms with Gasteiger partial charge in [0.25, 0.3) is 0 Å². The molecule has 126 valence electrons. The van der Waals surface area contributed by atoms with Gasteiger partial charge < -0.3 is 15.5 Å². The Bertz CT molecular complexity index is 845. The summed E-state index contributed by atoms with van der Waals surface area (Å²) in [6, 6.07) is 13.6. The summed E-state index contributed by atoms with van der Waals surface area (Å²) in [6.07, 6.45) is 0.157. The monoisotopic (exact) mass is 338 g/mol. The van der Waals surface area contributed by atoms with Crippen molar-refractivity contribution in [3.8, 4) is 6.07 Å². The molecule has 1 atom stereocenters. The average Bonchev–Trinajstić information content (AvgIpc) is 2.97. The van der Waals surface area contributed by atoms with E-state index in [4.69, 9.17) is 5.26 Å². The molecule has 1 heterocycles. The van der Waals surface area contributed by atoms with Crippen molar-refractivity contribution in [1.82, 2.24) is 5.32 Å². The van der Waals surface area contributed by atoms with Crippen molar-refractivity contribution >= 4 is 23.3 Å². The van der Waals surface area contributed by atoms with Crippen LogP contribution in [0.3, 0.4) is 0 Å². The van der Waals surface area contributed by atoms with Gasteiger partial charge in [0.1, 0.15) is 5.82 Å². The lowest BCUT2D eigenvalue weighted by Gasteiger charge is -2.17. The lowest BCUT2D eigenvalue weighted by atomic mass is 10.2. The number of hydrogen-bond donors (Lipinski definition) is 2. The predicted molar refractivity (Wildman–Crippen MR) is 90.5 cm³/mol. The molecule has 1 fully saturated rings. The lowest BCUT2D eigenvalue weighted by Crippen LogP contribution is -2.39. The zero-order chi connectivity index (χ0) is 17.8. The Morgan fingerprint density at radius 2 is 1.92 bits per heavy atom. The van der Waals surface area contributed by atoms with E-state index in [2.05, 4.69) is 10.6 Å². The number of hydrogen-bond acceptors (Lipinski definition) is 3. The Morgan fingerprint density at radius 1 is 1.20 bits per heavy atom. The Labute approximate surface area is 143 Å². The maximum Gasteiger partial charge on any atom is 0.319 e. The first kappa shape index (κ1) is 16.5. The van der Waals surface area contributed by atoms with Crippen molar-refractivity contribution in [2.45, 2.75) is 12.5 Å². The van der Waals surface area contributed by atoms with Gasteiger partial charge >= 0.3 is 6.03 Å². The van der Waals surface area contributed by atoms with E-state index in [1.165, 1.54) is 18.2 Å². The number of urea groups is 1. The van der Waals surface area contributed by atoms with Gasteiger partial charge in [-0.2, -0.15) is 5.26 Å². The third kappa shape index (κ3) is 3.75. The highest BCUT2D eigenvalue weighted by molar-refractivity contribution is 5.97. The molecule has 0 spiro atoms. The van der Waals surface area contributed by atoms with Crippen LogP contribution in [0.15, 0.2) is 48.5 Å². The Balaban J connectivity index is 1.61. The maximum absolute atomic E-state index is 13.5. The number of nitriles is 1. The highest BCUT2D eigenvalue weighted by Gasteiger charge is 2.31. The Hall–Kier alpha value is -3.40. The molecule has 0 radical (unpaired) electrons. The van der Waals surface area contributed by atoms with Crippen LogP contribution >= 0.6 is 0 Å². The first-order valence-electron chi connectivity index (χ1n) is 7.69. The molecule has 3 amide bonds. The maximum atomic E-state index is 13.5. The molecule has 0 aliphatic carbocycles. The largest absolute Gasteiger partial charge is 0.333 e. The standard InChI is InChI=1S/C18H15FN4O2/c19-15-3-1-2-4-16(15)22-18(25)21-13-9-17(24)23(11-13)14-7-5-12(10-20)6-8-14/h1-8,13H,9,11H2,(H2,21,22,25). The highest BCUT2D eigenvalue weighted by Crippen LogP contribution is 2.22. The fourth-order valence-electron chi connectivity index (χ4n) is 2.68. The zero-order valence-electron chi connectivity index (χ0n) is 13.2. The molecule has 1 aliphatic heterocycles. The number of carbonyl (C=O) groups excluding carboxylic acids is 2. The van der Waals surface area contributed by atoms with Crippen LogP contribution in [0.1, 0.15) is 12.0 Å². The van der Waals surface area contributed by atoms with Crippen molar-refractivity contribution in [2.75, 3.05) is 16.8 Å². The van der Waals surface area contributed by atoms with Gasteiger partial charge in [-0.05, 0) is 36.4 Å². The summed E-state index contributed by atoms with van der Waals surface area (Å²) < 4.78 is 13.5. The third-order valence-electron chi connectivity index (χ3n) is 3.89. The van der Waals surface area contributed by atoms with E-state index in [9.17, 15) is 14.0 Å². The van der Waals surface area contributed by atoms with Gasteiger partial charge in [-0.3, -0.25) is 4.79 Å². The molecular formula is C18H15FN4O2. The topological polar surface area (TPSA) is 85.2 Å². The molecule has 2 N–H and O–H groups in total. The minimum atomic E-state index is -0.565. The second kappa shape index (κ2) is 7.01. The minimum Gasteiger partial charge on any atom is -0.333 e. The van der Waals surface area contributed by atoms with Crippen LogP contribution in [0.25, 0.3) is 0 Å². The van der Waals surface area contributed by atoms with E-state index < -0.39 is 11.8 Å². The van der Waals surface area contributed by atoms with Crippen LogP contribution in [-0.2, 0) is 4.79 Å². The Kier molecular flexibility index (Phi) is 4.61. The predicted octanol–water partition coefficient (Wildman–Crippen LogP) is 2.62. The third-order valence-corrected chi connectivity index (χ3v) is 3.89. The van der Waals surface area contributed by atoms with Gasteiger partial charge in [0.05, 0.1) is 23.4 Å². The SMILES string of the molecule is N#Cc1ccc(N2CC(NC(=O)Nc3ccccc3F)CC2=O)cc1. The number of para-hydroxylation sites is 1. The molecule has 6 nitrogen and oxygen atoms in total. The molecule has 1 saturated heterocycles. The lowest BCUT2D eigenvalue weighted by molar-refractivity contribution is -0.117. The van der Waals surface area contributed by atoms with Crippen LogP contribution in [0, 0.1) is 17.1 Å². The molecule has 0 saturated carbocycles. The van der Waals surface area contributed by atoms with Crippen molar-refractivity contribution in [3.05, 3.63) is 59.9 Å². The van der Waals surface area contributed by atoms with Crippen molar-refractivity contribution in [2.24, 2.45) is 0 Å². The fraction of sp³-hybridized carbons (Fsp3) is 0.167. The van der Waals surface area contributed by atoms with Gasteiger partial charge in [0.15, 0.2) is 0 Å². The molecule has 2 aromatic rings. The van der Waals surface area contributed by atoms with E-state index in [1.54, 1.807) is 35.2 Å². The molecule has 1 aliphatic rings. The quantitative estimate of drug-likeness (QED) is 0.902. The number of anilines is 2. The van der Waals surface area contributed by atoms with Crippen molar-refractivity contribution in [1.29, 1.82) is 5.26 Å². The molecule has 1 unspecified atom stereocenters. The van der Waals surface area contributed by atoms with E-state index >= 15 is 0 Å². The molecular weight excluding hydrogens is 323 g/mol. The van der Waals surface area contributed by atoms with E-state index in [0.717, 1.165) is 0 Å². The number of nitrogens with zero attached hydrogens (tertiary/aromatic N) is 2. The number of rotatable bonds is 3. The Morgan fingerprint density at radius 3 is 2.60 bits per heavy atom. The molecule has 0 bridgehead atoms. The summed E-state index contributed by atoms with van der Waals surface area (Å²) in [5, 5.41) is 13.9. The van der Waals surface area contributed by atoms with Gasteiger partial charge in [-0.25, -0.2) is 9.18 Å². The van der Waals surface area contributed by atoms with E-state index in [0.29, 0.717) is 17.8 Å². The van der Waals surface area contributed by atoms with Gasteiger partial charge in [0.2, 0.25) is 5.91 Å². The van der Waals surface area contributed by atoms with E-state index in [-0.39, 0.29) is 24.1 Å². The van der Waals surface area contributed by atoms with Crippen LogP contribution in [-0.4, -0.2) is 24.5 Å². The summed E-state index contributed by atoms with van der Waals surface area (Å²) in [6.45, 7) is 0.315. The van der Waals surface area contributed by atoms with Crippen molar-refractivity contribution < 1.29 is 14.0 Å². The van der Waals surface area contributed by atoms with Gasteiger partial charge in [-0.1, -0.05) is 12.1 Å². The molecule has 25 heavy (non-hydrogen) atoms. The molecule has 7 heteroatoms. The molecule has 0 aromatic heterocycles. The summed E-state index contributed by atoms with van der Waals surface area (Å²) >= 11 is 0. The second-order valence-electron chi connectivity index (χ2n) is 5.64. The first-order valence-corrected chi connectivity index (χ1v) is 7.69. The summed E-state index contributed by atoms with van der Waals surface area (Å²) in [7, 11) is 0. The summed E-state index contributed by atoms with van der Waals surface area (Å²) in [5.74, 6) is -0.653. The molecule has 2 aromatic carbocycles. The van der Waals surface area contributed by atoms with Gasteiger partial charge in [0, 0.05) is 18.7 Å².